The van der Waals surface area contributed by atoms with Crippen LogP contribution in [0.1, 0.15) is 11.1 Å². The first-order valence-corrected chi connectivity index (χ1v) is 8.96. The lowest BCUT2D eigenvalue weighted by Crippen LogP contribution is -2.37. The van der Waals surface area contributed by atoms with Gasteiger partial charge < -0.3 is 20.8 Å². The van der Waals surface area contributed by atoms with Gasteiger partial charge in [0.1, 0.15) is 5.70 Å². The van der Waals surface area contributed by atoms with E-state index in [0.717, 1.165) is 23.9 Å². The maximum atomic E-state index is 13.6. The summed E-state index contributed by atoms with van der Waals surface area (Å²) in [5, 5.41) is 34.8. The average Bonchev–Trinajstić information content (AvgIpc) is 3.13. The highest BCUT2D eigenvalue weighted by molar-refractivity contribution is 8.02. The zero-order valence-electron chi connectivity index (χ0n) is 14.2. The monoisotopic (exact) mass is 403 g/mol. The molecule has 0 saturated heterocycles. The molecule has 6 nitrogen and oxygen atoms in total. The van der Waals surface area contributed by atoms with Crippen LogP contribution in [-0.4, -0.2) is 27.4 Å². The first-order valence-electron chi connectivity index (χ1n) is 8.02. The van der Waals surface area contributed by atoms with Gasteiger partial charge in [0.25, 0.3) is 0 Å². The van der Waals surface area contributed by atoms with Gasteiger partial charge in [0.15, 0.2) is 23.0 Å². The third-order valence-corrected chi connectivity index (χ3v) is 4.74. The van der Waals surface area contributed by atoms with Crippen LogP contribution >= 0.6 is 11.8 Å². The standard InChI is InChI=1S/C19H15F2N3O3S/c20-12-7-6-11(8-13(12)21)16(22)15(10-4-2-1-3-5-10)17(25)24-19-23-14(9-28-19)18(26)27/h1-9,19,22-25H,(H,26,27)/b17-15+,22-16?. The van der Waals surface area contributed by atoms with Gasteiger partial charge >= 0.3 is 5.97 Å². The van der Waals surface area contributed by atoms with Crippen LogP contribution < -0.4 is 10.6 Å². The van der Waals surface area contributed by atoms with Crippen LogP contribution in [0.4, 0.5) is 8.78 Å². The largest absolute Gasteiger partial charge is 0.494 e. The van der Waals surface area contributed by atoms with E-state index in [1.54, 1.807) is 30.3 Å². The summed E-state index contributed by atoms with van der Waals surface area (Å²) in [6.45, 7) is 0. The molecule has 0 saturated carbocycles. The van der Waals surface area contributed by atoms with Crippen LogP contribution in [0, 0.1) is 17.0 Å². The second kappa shape index (κ2) is 8.13. The Bertz CT molecular complexity index is 993. The van der Waals surface area contributed by atoms with Gasteiger partial charge in [0.05, 0.1) is 11.3 Å². The summed E-state index contributed by atoms with van der Waals surface area (Å²) in [6, 6.07) is 11.5. The van der Waals surface area contributed by atoms with Crippen LogP contribution in [-0.2, 0) is 4.79 Å². The van der Waals surface area contributed by atoms with Crippen LogP contribution in [0.5, 0.6) is 0 Å². The van der Waals surface area contributed by atoms with Crippen molar-refractivity contribution in [1.82, 2.24) is 10.6 Å². The van der Waals surface area contributed by atoms with Crippen molar-refractivity contribution in [2.24, 2.45) is 0 Å². The van der Waals surface area contributed by atoms with E-state index in [0.29, 0.717) is 5.56 Å². The predicted molar refractivity (Wildman–Crippen MR) is 103 cm³/mol. The highest BCUT2D eigenvalue weighted by Crippen LogP contribution is 2.25. The minimum atomic E-state index is -1.14. The Morgan fingerprint density at radius 1 is 1.07 bits per heavy atom. The molecule has 0 aromatic heterocycles. The number of hydrogen-bond donors (Lipinski definition) is 5. The zero-order valence-corrected chi connectivity index (χ0v) is 15.1. The molecule has 0 amide bonds. The Morgan fingerprint density at radius 3 is 2.39 bits per heavy atom. The summed E-state index contributed by atoms with van der Waals surface area (Å²) in [6.07, 6.45) is 0. The van der Waals surface area contributed by atoms with Crippen LogP contribution in [0.2, 0.25) is 0 Å². The number of carboxylic acids is 1. The van der Waals surface area contributed by atoms with Crippen molar-refractivity contribution < 1.29 is 23.8 Å². The van der Waals surface area contributed by atoms with Crippen molar-refractivity contribution in [2.45, 2.75) is 5.50 Å². The smallest absolute Gasteiger partial charge is 0.352 e. The van der Waals surface area contributed by atoms with Crippen LogP contribution in [0.15, 0.2) is 65.5 Å². The number of thioether (sulfide) groups is 1. The number of halogens is 2. The van der Waals surface area contributed by atoms with Gasteiger partial charge in [-0.2, -0.15) is 0 Å². The van der Waals surface area contributed by atoms with E-state index in [2.05, 4.69) is 10.6 Å². The van der Waals surface area contributed by atoms with E-state index < -0.39 is 29.0 Å². The Balaban J connectivity index is 1.95. The third-order valence-electron chi connectivity index (χ3n) is 3.86. The second-order valence-corrected chi connectivity index (χ2v) is 6.71. The summed E-state index contributed by atoms with van der Waals surface area (Å²) in [5.41, 5.74) is -0.351. The van der Waals surface area contributed by atoms with Gasteiger partial charge in [-0.15, -0.1) is 0 Å². The molecule has 2 aromatic rings. The molecular formula is C19H15F2N3O3S. The second-order valence-electron chi connectivity index (χ2n) is 5.73. The number of hydrogen-bond acceptors (Lipinski definition) is 6. The van der Waals surface area contributed by atoms with Crippen molar-refractivity contribution in [3.63, 3.8) is 0 Å². The Kier molecular flexibility index (Phi) is 5.65. The van der Waals surface area contributed by atoms with Gasteiger partial charge in [-0.3, -0.25) is 5.41 Å². The summed E-state index contributed by atoms with van der Waals surface area (Å²) >= 11 is 1.09. The van der Waals surface area contributed by atoms with Crippen molar-refractivity contribution in [2.75, 3.05) is 0 Å². The lowest BCUT2D eigenvalue weighted by molar-refractivity contribution is -0.133. The first-order chi connectivity index (χ1) is 13.4. The van der Waals surface area contributed by atoms with E-state index in [1.807, 2.05) is 0 Å². The van der Waals surface area contributed by atoms with Gasteiger partial charge in [-0.1, -0.05) is 42.1 Å². The number of benzene rings is 2. The number of allylic oxidation sites excluding steroid dienone is 1. The topological polar surface area (TPSA) is 105 Å². The van der Waals surface area contributed by atoms with E-state index in [4.69, 9.17) is 10.5 Å². The SMILES string of the molecule is N=C(/C(=C(/O)NC1NC(C(=O)O)=CS1)c1ccccc1)c1ccc(F)c(F)c1. The number of aliphatic hydroxyl groups is 1. The maximum absolute atomic E-state index is 13.6. The summed E-state index contributed by atoms with van der Waals surface area (Å²) in [5.74, 6) is -3.70. The minimum Gasteiger partial charge on any atom is -0.494 e. The fourth-order valence-corrected chi connectivity index (χ4v) is 3.34. The third kappa shape index (κ3) is 4.15. The molecule has 3 rings (SSSR count). The average molecular weight is 403 g/mol. The lowest BCUT2D eigenvalue weighted by Gasteiger charge is -2.18. The highest BCUT2D eigenvalue weighted by atomic mass is 32.2. The normalized spacial score (nSPS) is 16.6. The molecule has 1 unspecified atom stereocenters. The number of aliphatic carboxylic acids is 1. The molecule has 0 fully saturated rings. The van der Waals surface area contributed by atoms with Gasteiger partial charge in [0, 0.05) is 11.0 Å². The molecule has 0 radical (unpaired) electrons. The van der Waals surface area contributed by atoms with E-state index in [9.17, 15) is 18.7 Å². The quantitative estimate of drug-likeness (QED) is 0.374. The van der Waals surface area contributed by atoms with Crippen molar-refractivity contribution in [3.8, 4) is 0 Å². The fraction of sp³-hybridized carbons (Fsp3) is 0.0526. The summed E-state index contributed by atoms with van der Waals surface area (Å²) < 4.78 is 26.8. The van der Waals surface area contributed by atoms with Crippen molar-refractivity contribution >= 4 is 29.0 Å². The number of nitrogens with one attached hydrogen (secondary N) is 3. The molecule has 9 heteroatoms. The Labute approximate surface area is 163 Å². The fourth-order valence-electron chi connectivity index (χ4n) is 2.52. The molecule has 2 aromatic carbocycles. The molecule has 1 atom stereocenters. The number of carboxylic acid groups (broad SMARTS) is 1. The van der Waals surface area contributed by atoms with Gasteiger partial charge in [-0.25, -0.2) is 13.6 Å². The molecule has 0 aliphatic carbocycles. The van der Waals surface area contributed by atoms with Crippen molar-refractivity contribution in [3.05, 3.63) is 88.3 Å². The zero-order chi connectivity index (χ0) is 20.3. The van der Waals surface area contributed by atoms with Crippen molar-refractivity contribution in [1.29, 1.82) is 5.41 Å². The Morgan fingerprint density at radius 2 is 1.79 bits per heavy atom. The Hall–Kier alpha value is -3.33. The molecular weight excluding hydrogens is 388 g/mol. The number of aliphatic hydroxyl groups excluding tert-OH is 1. The molecule has 0 bridgehead atoms. The predicted octanol–water partition coefficient (Wildman–Crippen LogP) is 3.40. The molecule has 1 heterocycles. The molecule has 28 heavy (non-hydrogen) atoms. The number of rotatable bonds is 6. The van der Waals surface area contributed by atoms with Crippen LogP contribution in [0.3, 0.4) is 0 Å². The maximum Gasteiger partial charge on any atom is 0.352 e. The lowest BCUT2D eigenvalue weighted by atomic mass is 9.96. The van der Waals surface area contributed by atoms with Gasteiger partial charge in [-0.05, 0) is 23.8 Å². The highest BCUT2D eigenvalue weighted by Gasteiger charge is 2.24. The first kappa shape index (κ1) is 19.4. The molecule has 1 aliphatic rings. The summed E-state index contributed by atoms with van der Waals surface area (Å²) in [4.78, 5) is 11.0. The van der Waals surface area contributed by atoms with Crippen LogP contribution in [0.25, 0.3) is 5.57 Å². The molecule has 0 spiro atoms. The molecule has 1 aliphatic heterocycles. The van der Waals surface area contributed by atoms with Gasteiger partial charge in [0.2, 0.25) is 0 Å². The van der Waals surface area contributed by atoms with E-state index >= 15 is 0 Å². The minimum absolute atomic E-state index is 0.0350. The number of carbonyl (C=O) groups is 1. The van der Waals surface area contributed by atoms with E-state index in [1.165, 1.54) is 11.5 Å². The van der Waals surface area contributed by atoms with E-state index in [-0.39, 0.29) is 22.5 Å². The molecule has 5 N–H and O–H groups in total. The summed E-state index contributed by atoms with van der Waals surface area (Å²) in [7, 11) is 0. The molecule has 144 valence electrons.